The van der Waals surface area contributed by atoms with Gasteiger partial charge in [0.05, 0.1) is 24.5 Å². The van der Waals surface area contributed by atoms with Crippen LogP contribution in [-0.2, 0) is 0 Å². The lowest BCUT2D eigenvalue weighted by molar-refractivity contribution is 0.0660. The van der Waals surface area contributed by atoms with Gasteiger partial charge in [-0.05, 0) is 29.7 Å². The molecular weight excluding hydrogens is 316 g/mol. The summed E-state index contributed by atoms with van der Waals surface area (Å²) in [7, 11) is 1.62. The Morgan fingerprint density at radius 3 is 2.08 bits per heavy atom. The highest BCUT2D eigenvalue weighted by atomic mass is 16.5. The van der Waals surface area contributed by atoms with Crippen molar-refractivity contribution in [1.82, 2.24) is 5.01 Å². The maximum atomic E-state index is 12.4. The van der Waals surface area contributed by atoms with Gasteiger partial charge < -0.3 is 4.74 Å². The summed E-state index contributed by atoms with van der Waals surface area (Å²) >= 11 is 0. The highest BCUT2D eigenvalue weighted by molar-refractivity contribution is 6.21. The number of benzene rings is 3. The van der Waals surface area contributed by atoms with Crippen molar-refractivity contribution in [2.24, 2.45) is 5.10 Å². The van der Waals surface area contributed by atoms with Crippen LogP contribution in [-0.4, -0.2) is 30.1 Å². The number of carbonyl (C=O) groups is 2. The predicted octanol–water partition coefficient (Wildman–Crippen LogP) is 3.48. The van der Waals surface area contributed by atoms with Crippen LogP contribution in [0.4, 0.5) is 0 Å². The number of amides is 2. The molecule has 0 atom stereocenters. The Hall–Kier alpha value is -3.47. The van der Waals surface area contributed by atoms with Crippen molar-refractivity contribution in [1.29, 1.82) is 0 Å². The van der Waals surface area contributed by atoms with Crippen molar-refractivity contribution in [3.63, 3.8) is 0 Å². The molecule has 3 aromatic carbocycles. The fraction of sp³-hybridized carbons (Fsp3) is 0.0500. The molecule has 1 aliphatic heterocycles. The van der Waals surface area contributed by atoms with Crippen molar-refractivity contribution in [3.05, 3.63) is 77.4 Å². The molecule has 0 radical (unpaired) electrons. The largest absolute Gasteiger partial charge is 0.496 e. The summed E-state index contributed by atoms with van der Waals surface area (Å²) in [6.45, 7) is 0. The van der Waals surface area contributed by atoms with Crippen LogP contribution in [0.3, 0.4) is 0 Å². The molecule has 122 valence electrons. The van der Waals surface area contributed by atoms with Crippen LogP contribution in [0.15, 0.2) is 65.8 Å². The first-order valence-electron chi connectivity index (χ1n) is 7.78. The quantitative estimate of drug-likeness (QED) is 0.546. The van der Waals surface area contributed by atoms with Crippen LogP contribution in [0.1, 0.15) is 26.3 Å². The van der Waals surface area contributed by atoms with Gasteiger partial charge in [0, 0.05) is 10.9 Å². The lowest BCUT2D eigenvalue weighted by Crippen LogP contribution is -2.24. The first kappa shape index (κ1) is 15.1. The number of fused-ring (bicyclic) bond motifs is 2. The third kappa shape index (κ3) is 2.37. The lowest BCUT2D eigenvalue weighted by atomic mass is 10.0. The van der Waals surface area contributed by atoms with Gasteiger partial charge in [0.25, 0.3) is 11.8 Å². The van der Waals surface area contributed by atoms with E-state index in [-0.39, 0.29) is 0 Å². The maximum Gasteiger partial charge on any atom is 0.282 e. The van der Waals surface area contributed by atoms with E-state index in [1.54, 1.807) is 31.4 Å². The van der Waals surface area contributed by atoms with Crippen molar-refractivity contribution in [3.8, 4) is 5.75 Å². The zero-order valence-electron chi connectivity index (χ0n) is 13.5. The van der Waals surface area contributed by atoms with Crippen LogP contribution in [0.5, 0.6) is 5.75 Å². The van der Waals surface area contributed by atoms with Crippen LogP contribution < -0.4 is 4.74 Å². The average molecular weight is 330 g/mol. The number of rotatable bonds is 3. The van der Waals surface area contributed by atoms with Crippen LogP contribution in [0, 0.1) is 0 Å². The van der Waals surface area contributed by atoms with Gasteiger partial charge in [-0.1, -0.05) is 36.4 Å². The lowest BCUT2D eigenvalue weighted by Gasteiger charge is -2.09. The minimum absolute atomic E-state index is 0.379. The summed E-state index contributed by atoms with van der Waals surface area (Å²) in [5.74, 6) is -0.0576. The molecule has 0 unspecified atom stereocenters. The van der Waals surface area contributed by atoms with Crippen molar-refractivity contribution < 1.29 is 14.3 Å². The Balaban J connectivity index is 1.73. The van der Waals surface area contributed by atoms with Gasteiger partial charge in [-0.3, -0.25) is 9.59 Å². The van der Waals surface area contributed by atoms with Gasteiger partial charge >= 0.3 is 0 Å². The molecule has 0 saturated carbocycles. The van der Waals surface area contributed by atoms with Gasteiger partial charge in [-0.15, -0.1) is 0 Å². The zero-order chi connectivity index (χ0) is 17.4. The highest BCUT2D eigenvalue weighted by Gasteiger charge is 2.35. The first-order valence-corrected chi connectivity index (χ1v) is 7.78. The molecule has 25 heavy (non-hydrogen) atoms. The minimum atomic E-state index is -0.408. The van der Waals surface area contributed by atoms with E-state index in [0.717, 1.165) is 27.1 Å². The van der Waals surface area contributed by atoms with E-state index in [2.05, 4.69) is 5.10 Å². The third-order valence-electron chi connectivity index (χ3n) is 4.22. The number of hydrogen-bond donors (Lipinski definition) is 0. The molecule has 0 bridgehead atoms. The van der Waals surface area contributed by atoms with E-state index in [1.165, 1.54) is 6.21 Å². The second kappa shape index (κ2) is 5.87. The summed E-state index contributed by atoms with van der Waals surface area (Å²) in [5.41, 5.74) is 1.56. The molecule has 1 aliphatic rings. The molecule has 5 heteroatoms. The van der Waals surface area contributed by atoms with Crippen LogP contribution >= 0.6 is 0 Å². The van der Waals surface area contributed by atoms with Crippen molar-refractivity contribution in [2.75, 3.05) is 7.11 Å². The average Bonchev–Trinajstić information content (AvgIpc) is 2.91. The number of carbonyl (C=O) groups excluding carboxylic acids is 2. The number of ether oxygens (including phenoxy) is 1. The summed E-state index contributed by atoms with van der Waals surface area (Å²) in [6, 6.07) is 18.2. The smallest absolute Gasteiger partial charge is 0.282 e. The Morgan fingerprint density at radius 2 is 1.44 bits per heavy atom. The molecule has 3 aromatic rings. The van der Waals surface area contributed by atoms with Gasteiger partial charge in [0.1, 0.15) is 5.75 Å². The second-order valence-electron chi connectivity index (χ2n) is 5.61. The molecule has 0 fully saturated rings. The molecular formula is C20H14N2O3. The molecule has 0 N–H and O–H groups in total. The summed E-state index contributed by atoms with van der Waals surface area (Å²) < 4.78 is 5.37. The number of nitrogens with zero attached hydrogens (tertiary/aromatic N) is 2. The Bertz CT molecular complexity index is 1010. The zero-order valence-corrected chi connectivity index (χ0v) is 13.5. The molecule has 2 amide bonds. The predicted molar refractivity (Wildman–Crippen MR) is 95.0 cm³/mol. The van der Waals surface area contributed by atoms with Gasteiger partial charge in [0.2, 0.25) is 0 Å². The molecule has 0 aromatic heterocycles. The monoisotopic (exact) mass is 330 g/mol. The van der Waals surface area contributed by atoms with E-state index in [9.17, 15) is 9.59 Å². The Labute approximate surface area is 144 Å². The summed E-state index contributed by atoms with van der Waals surface area (Å²) in [5, 5.41) is 6.92. The second-order valence-corrected chi connectivity index (χ2v) is 5.61. The fourth-order valence-corrected chi connectivity index (χ4v) is 2.99. The normalized spacial score (nSPS) is 13.7. The van der Waals surface area contributed by atoms with Gasteiger partial charge in [0.15, 0.2) is 0 Å². The SMILES string of the molecule is COc1ccc(/C=N/N2C(=O)c3ccccc3C2=O)c2ccccc12. The minimum Gasteiger partial charge on any atom is -0.496 e. The number of hydrazone groups is 1. The number of imide groups is 1. The summed E-state index contributed by atoms with van der Waals surface area (Å²) in [4.78, 5) is 24.7. The van der Waals surface area contributed by atoms with Gasteiger partial charge in [-0.2, -0.15) is 10.1 Å². The summed E-state index contributed by atoms with van der Waals surface area (Å²) in [6.07, 6.45) is 1.53. The molecule has 4 rings (SSSR count). The van der Waals surface area contributed by atoms with E-state index in [1.807, 2.05) is 36.4 Å². The van der Waals surface area contributed by atoms with Crippen molar-refractivity contribution in [2.45, 2.75) is 0 Å². The number of hydrogen-bond acceptors (Lipinski definition) is 4. The van der Waals surface area contributed by atoms with E-state index >= 15 is 0 Å². The first-order chi connectivity index (χ1) is 12.2. The molecule has 0 spiro atoms. The highest BCUT2D eigenvalue weighted by Crippen LogP contribution is 2.28. The molecule has 0 saturated heterocycles. The van der Waals surface area contributed by atoms with E-state index < -0.39 is 11.8 Å². The molecule has 1 heterocycles. The van der Waals surface area contributed by atoms with Crippen LogP contribution in [0.25, 0.3) is 10.8 Å². The third-order valence-corrected chi connectivity index (χ3v) is 4.22. The maximum absolute atomic E-state index is 12.4. The standard InChI is InChI=1S/C20H14N2O3/c1-25-18-11-10-13(14-6-2-3-7-15(14)18)12-21-22-19(23)16-8-4-5-9-17(16)20(22)24/h2-12H,1H3/b21-12+. The van der Waals surface area contributed by atoms with E-state index in [4.69, 9.17) is 4.74 Å². The Kier molecular flexibility index (Phi) is 3.54. The van der Waals surface area contributed by atoms with Crippen LogP contribution in [0.2, 0.25) is 0 Å². The molecule has 5 nitrogen and oxygen atoms in total. The van der Waals surface area contributed by atoms with E-state index in [0.29, 0.717) is 11.1 Å². The van der Waals surface area contributed by atoms with Crippen molar-refractivity contribution >= 4 is 28.8 Å². The molecule has 0 aliphatic carbocycles. The van der Waals surface area contributed by atoms with Gasteiger partial charge in [-0.25, -0.2) is 0 Å². The fourth-order valence-electron chi connectivity index (χ4n) is 2.99. The topological polar surface area (TPSA) is 59.0 Å². The number of methoxy groups -OCH3 is 1. The Morgan fingerprint density at radius 1 is 0.840 bits per heavy atom.